The molecule has 13 heavy (non-hydrogen) atoms. The zero-order chi connectivity index (χ0) is 9.84. The topological polar surface area (TPSA) is 58.6 Å². The highest BCUT2D eigenvalue weighted by Crippen LogP contribution is 2.22. The van der Waals surface area contributed by atoms with Crippen LogP contribution in [0.5, 0.6) is 5.75 Å². The standard InChI is InChI=1S/C9H12N2OS/c1-6-3-7(5-8(12)4-6)11-9(10)13-2/h3-5,12H,1-2H3,(H2,10,11). The summed E-state index contributed by atoms with van der Waals surface area (Å²) in [6.45, 7) is 1.90. The Morgan fingerprint density at radius 1 is 1.46 bits per heavy atom. The van der Waals surface area contributed by atoms with E-state index in [0.717, 1.165) is 5.56 Å². The Bertz CT molecular complexity index is 316. The average Bonchev–Trinajstić information content (AvgIpc) is 2.02. The second-order valence-electron chi connectivity index (χ2n) is 2.68. The van der Waals surface area contributed by atoms with Gasteiger partial charge in [0.25, 0.3) is 0 Å². The van der Waals surface area contributed by atoms with Gasteiger partial charge in [-0.1, -0.05) is 11.8 Å². The molecule has 0 heterocycles. The lowest BCUT2D eigenvalue weighted by Crippen LogP contribution is -2.04. The second-order valence-corrected chi connectivity index (χ2v) is 3.51. The molecular weight excluding hydrogens is 184 g/mol. The molecule has 0 saturated carbocycles. The smallest absolute Gasteiger partial charge is 0.158 e. The summed E-state index contributed by atoms with van der Waals surface area (Å²) in [6, 6.07) is 5.12. The number of hydrogen-bond donors (Lipinski definition) is 2. The normalized spacial score (nSPS) is 11.7. The van der Waals surface area contributed by atoms with Gasteiger partial charge in [0.2, 0.25) is 0 Å². The Kier molecular flexibility index (Phi) is 3.19. The number of amidine groups is 1. The molecule has 0 aliphatic heterocycles. The first kappa shape index (κ1) is 9.92. The van der Waals surface area contributed by atoms with Gasteiger partial charge >= 0.3 is 0 Å². The van der Waals surface area contributed by atoms with E-state index in [1.54, 1.807) is 12.1 Å². The molecule has 1 aromatic carbocycles. The lowest BCUT2D eigenvalue weighted by Gasteiger charge is -1.99. The Balaban J connectivity index is 3.02. The Morgan fingerprint density at radius 3 is 2.69 bits per heavy atom. The van der Waals surface area contributed by atoms with E-state index in [2.05, 4.69) is 4.99 Å². The van der Waals surface area contributed by atoms with Crippen molar-refractivity contribution < 1.29 is 5.11 Å². The number of phenols is 1. The predicted molar refractivity (Wildman–Crippen MR) is 57.6 cm³/mol. The van der Waals surface area contributed by atoms with E-state index < -0.39 is 0 Å². The van der Waals surface area contributed by atoms with Crippen molar-refractivity contribution in [1.29, 1.82) is 0 Å². The first-order valence-corrected chi connectivity index (χ1v) is 5.03. The van der Waals surface area contributed by atoms with Crippen molar-refractivity contribution in [1.82, 2.24) is 0 Å². The van der Waals surface area contributed by atoms with E-state index >= 15 is 0 Å². The fourth-order valence-electron chi connectivity index (χ4n) is 0.980. The van der Waals surface area contributed by atoms with Gasteiger partial charge < -0.3 is 10.8 Å². The highest BCUT2D eigenvalue weighted by molar-refractivity contribution is 8.13. The van der Waals surface area contributed by atoms with Crippen LogP contribution in [0.2, 0.25) is 0 Å². The Morgan fingerprint density at radius 2 is 2.15 bits per heavy atom. The summed E-state index contributed by atoms with van der Waals surface area (Å²) in [7, 11) is 0. The molecule has 4 heteroatoms. The molecule has 3 nitrogen and oxygen atoms in total. The number of thioether (sulfide) groups is 1. The maximum Gasteiger partial charge on any atom is 0.158 e. The van der Waals surface area contributed by atoms with Crippen LogP contribution in [0.1, 0.15) is 5.56 Å². The second kappa shape index (κ2) is 4.18. The fraction of sp³-hybridized carbons (Fsp3) is 0.222. The molecule has 0 aromatic heterocycles. The van der Waals surface area contributed by atoms with Crippen LogP contribution in [0.3, 0.4) is 0 Å². The molecule has 0 aliphatic rings. The van der Waals surface area contributed by atoms with Gasteiger partial charge in [-0.2, -0.15) is 0 Å². The summed E-state index contributed by atoms with van der Waals surface area (Å²) in [5, 5.41) is 9.75. The first-order valence-electron chi connectivity index (χ1n) is 3.80. The van der Waals surface area contributed by atoms with Gasteiger partial charge in [0.1, 0.15) is 5.75 Å². The van der Waals surface area contributed by atoms with Crippen molar-refractivity contribution in [3.8, 4) is 5.75 Å². The van der Waals surface area contributed by atoms with Gasteiger partial charge in [0, 0.05) is 6.07 Å². The van der Waals surface area contributed by atoms with Crippen molar-refractivity contribution >= 4 is 22.6 Å². The van der Waals surface area contributed by atoms with E-state index in [4.69, 9.17) is 5.73 Å². The van der Waals surface area contributed by atoms with E-state index in [9.17, 15) is 5.11 Å². The van der Waals surface area contributed by atoms with Crippen LogP contribution >= 0.6 is 11.8 Å². The summed E-state index contributed by atoms with van der Waals surface area (Å²) in [4.78, 5) is 4.10. The zero-order valence-electron chi connectivity index (χ0n) is 7.61. The highest BCUT2D eigenvalue weighted by atomic mass is 32.2. The molecule has 70 valence electrons. The van der Waals surface area contributed by atoms with E-state index in [0.29, 0.717) is 10.9 Å². The number of aromatic hydroxyl groups is 1. The third-order valence-electron chi connectivity index (χ3n) is 1.50. The first-order chi connectivity index (χ1) is 6.11. The van der Waals surface area contributed by atoms with Crippen LogP contribution in [-0.2, 0) is 0 Å². The largest absolute Gasteiger partial charge is 0.508 e. The molecule has 0 radical (unpaired) electrons. The summed E-state index contributed by atoms with van der Waals surface area (Å²) in [5.74, 6) is 0.215. The number of aryl methyl sites for hydroxylation is 1. The minimum absolute atomic E-state index is 0.215. The number of aliphatic imine (C=N–C) groups is 1. The summed E-state index contributed by atoms with van der Waals surface area (Å²) in [6.07, 6.45) is 1.86. The maximum atomic E-state index is 9.26. The van der Waals surface area contributed by atoms with Crippen LogP contribution in [-0.4, -0.2) is 16.5 Å². The predicted octanol–water partition coefficient (Wildman–Crippen LogP) is 2.01. The molecule has 0 amide bonds. The van der Waals surface area contributed by atoms with Crippen LogP contribution in [0, 0.1) is 6.92 Å². The number of phenolic OH excluding ortho intramolecular Hbond substituents is 1. The third-order valence-corrected chi connectivity index (χ3v) is 2.00. The van der Waals surface area contributed by atoms with Crippen molar-refractivity contribution in [3.05, 3.63) is 23.8 Å². The van der Waals surface area contributed by atoms with Crippen molar-refractivity contribution in [2.45, 2.75) is 6.92 Å². The van der Waals surface area contributed by atoms with Crippen molar-refractivity contribution in [2.75, 3.05) is 6.26 Å². The van der Waals surface area contributed by atoms with Crippen LogP contribution in [0.25, 0.3) is 0 Å². The van der Waals surface area contributed by atoms with Gasteiger partial charge in [0.05, 0.1) is 5.69 Å². The molecule has 3 N–H and O–H groups in total. The molecule has 0 bridgehead atoms. The van der Waals surface area contributed by atoms with Crippen molar-refractivity contribution in [2.24, 2.45) is 10.7 Å². The molecule has 0 aliphatic carbocycles. The summed E-state index contributed by atoms with van der Waals surface area (Å²) >= 11 is 1.38. The molecule has 0 saturated heterocycles. The van der Waals surface area contributed by atoms with Gasteiger partial charge in [0.15, 0.2) is 5.17 Å². The minimum atomic E-state index is 0.215. The molecule has 0 spiro atoms. The van der Waals surface area contributed by atoms with Gasteiger partial charge in [-0.15, -0.1) is 0 Å². The number of nitrogens with two attached hydrogens (primary N) is 1. The average molecular weight is 196 g/mol. The monoisotopic (exact) mass is 196 g/mol. The minimum Gasteiger partial charge on any atom is -0.508 e. The number of hydrogen-bond acceptors (Lipinski definition) is 3. The molecule has 0 atom stereocenters. The molecule has 1 aromatic rings. The fourth-order valence-corrected chi connectivity index (χ4v) is 1.18. The molecular formula is C9H12N2OS. The lowest BCUT2D eigenvalue weighted by molar-refractivity contribution is 0.475. The lowest BCUT2D eigenvalue weighted by atomic mass is 10.2. The van der Waals surface area contributed by atoms with E-state index in [1.807, 2.05) is 19.2 Å². The molecule has 0 fully saturated rings. The van der Waals surface area contributed by atoms with Gasteiger partial charge in [-0.05, 0) is 30.9 Å². The number of rotatable bonds is 1. The van der Waals surface area contributed by atoms with Gasteiger partial charge in [-0.25, -0.2) is 4.99 Å². The Hall–Kier alpha value is -1.16. The maximum absolute atomic E-state index is 9.26. The van der Waals surface area contributed by atoms with Crippen LogP contribution < -0.4 is 5.73 Å². The summed E-state index contributed by atoms with van der Waals surface area (Å²) < 4.78 is 0. The third kappa shape index (κ3) is 2.99. The number of benzene rings is 1. The molecule has 0 unspecified atom stereocenters. The summed E-state index contributed by atoms with van der Waals surface area (Å²) in [5.41, 5.74) is 7.19. The van der Waals surface area contributed by atoms with Crippen molar-refractivity contribution in [3.63, 3.8) is 0 Å². The SMILES string of the molecule is CSC(N)=Nc1cc(C)cc(O)c1. The number of nitrogens with zero attached hydrogens (tertiary/aromatic N) is 1. The Labute approximate surface area is 81.7 Å². The van der Waals surface area contributed by atoms with E-state index in [-0.39, 0.29) is 5.75 Å². The quantitative estimate of drug-likeness (QED) is 0.533. The van der Waals surface area contributed by atoms with Crippen LogP contribution in [0.4, 0.5) is 5.69 Å². The van der Waals surface area contributed by atoms with E-state index in [1.165, 1.54) is 11.8 Å². The van der Waals surface area contributed by atoms with Crippen LogP contribution in [0.15, 0.2) is 23.2 Å². The zero-order valence-corrected chi connectivity index (χ0v) is 8.43. The molecule has 1 rings (SSSR count). The highest BCUT2D eigenvalue weighted by Gasteiger charge is 1.96. The van der Waals surface area contributed by atoms with Gasteiger partial charge in [-0.3, -0.25) is 0 Å².